The van der Waals surface area contributed by atoms with Gasteiger partial charge in [0, 0.05) is 30.0 Å². The second-order valence-corrected chi connectivity index (χ2v) is 8.04. The number of anilines is 1. The highest BCUT2D eigenvalue weighted by Crippen LogP contribution is 2.11. The summed E-state index contributed by atoms with van der Waals surface area (Å²) in [6, 6.07) is 15.9. The molecule has 0 atom stereocenters. The first-order chi connectivity index (χ1) is 16.2. The molecule has 0 bridgehead atoms. The largest absolute Gasteiger partial charge is 0.465 e. The highest BCUT2D eigenvalue weighted by Gasteiger charge is 2.12. The van der Waals surface area contributed by atoms with Crippen LogP contribution in [0.5, 0.6) is 0 Å². The number of benzene rings is 2. The number of nitrogens with one attached hydrogen (secondary N) is 4. The van der Waals surface area contributed by atoms with E-state index < -0.39 is 17.8 Å². The van der Waals surface area contributed by atoms with Crippen LogP contribution in [-0.4, -0.2) is 35.4 Å². The summed E-state index contributed by atoms with van der Waals surface area (Å²) in [7, 11) is 0. The lowest BCUT2D eigenvalue weighted by molar-refractivity contribution is -0.144. The van der Waals surface area contributed by atoms with Crippen molar-refractivity contribution in [3.05, 3.63) is 65.7 Å². The van der Waals surface area contributed by atoms with Crippen LogP contribution in [-0.2, 0) is 25.5 Å². The van der Waals surface area contributed by atoms with E-state index in [4.69, 9.17) is 17.0 Å². The van der Waals surface area contributed by atoms with Crippen molar-refractivity contribution in [1.82, 2.24) is 16.2 Å². The molecule has 4 N–H and O–H groups in total. The Morgan fingerprint density at radius 1 is 0.912 bits per heavy atom. The molecule has 0 aliphatic carbocycles. The lowest BCUT2D eigenvalue weighted by Gasteiger charge is -2.11. The molecular formula is C24H28N4O5S. The third kappa shape index (κ3) is 9.78. The summed E-state index contributed by atoms with van der Waals surface area (Å²) >= 11 is 4.97. The van der Waals surface area contributed by atoms with E-state index in [1.54, 1.807) is 26.0 Å². The molecule has 0 aromatic heterocycles. The number of hydrogen-bond donors (Lipinski definition) is 4. The zero-order chi connectivity index (χ0) is 24.9. The minimum absolute atomic E-state index is 0.0880. The molecule has 2 aromatic carbocycles. The molecule has 0 fully saturated rings. The number of hydrazine groups is 1. The van der Waals surface area contributed by atoms with Crippen LogP contribution < -0.4 is 21.5 Å². The molecule has 9 nitrogen and oxygen atoms in total. The third-order valence-electron chi connectivity index (χ3n) is 4.53. The highest BCUT2D eigenvalue weighted by atomic mass is 32.1. The fraction of sp³-hybridized carbons (Fsp3) is 0.292. The summed E-state index contributed by atoms with van der Waals surface area (Å²) in [5, 5.41) is 4.99. The number of rotatable bonds is 9. The van der Waals surface area contributed by atoms with E-state index in [9.17, 15) is 19.2 Å². The van der Waals surface area contributed by atoms with Crippen LogP contribution >= 0.6 is 12.2 Å². The normalized spacial score (nSPS) is 10.2. The summed E-state index contributed by atoms with van der Waals surface area (Å²) in [6.07, 6.45) is 0.403. The standard InChI is InChI=1S/C24H28N4O5S/c1-16(2)22(31)25-19-10-8-18(9-11-19)23(32)27-28-24(34)26-20(29)12-13-21(30)33-15-14-17-6-4-3-5-7-17/h3-11,16H,12-15H2,1-2H3,(H,25,31)(H,27,32)(H2,26,28,29,34). The van der Waals surface area contributed by atoms with Crippen LogP contribution in [0, 0.1) is 5.92 Å². The van der Waals surface area contributed by atoms with Crippen molar-refractivity contribution in [2.24, 2.45) is 5.92 Å². The summed E-state index contributed by atoms with van der Waals surface area (Å²) in [6.45, 7) is 3.80. The maximum Gasteiger partial charge on any atom is 0.306 e. The van der Waals surface area contributed by atoms with Crippen LogP contribution in [0.3, 0.4) is 0 Å². The topological polar surface area (TPSA) is 126 Å². The Bertz CT molecular complexity index is 1010. The van der Waals surface area contributed by atoms with E-state index in [1.165, 1.54) is 12.1 Å². The number of thiocarbonyl (C=S) groups is 1. The zero-order valence-corrected chi connectivity index (χ0v) is 19.9. The molecule has 3 amide bonds. The Labute approximate surface area is 203 Å². The Kier molecular flexibility index (Phi) is 10.7. The first-order valence-electron chi connectivity index (χ1n) is 10.7. The maximum absolute atomic E-state index is 12.2. The average molecular weight is 485 g/mol. The molecule has 0 radical (unpaired) electrons. The van der Waals surface area contributed by atoms with Gasteiger partial charge in [-0.2, -0.15) is 0 Å². The molecule has 0 saturated heterocycles. The number of carbonyl (C=O) groups excluding carboxylic acids is 4. The van der Waals surface area contributed by atoms with Gasteiger partial charge in [-0.3, -0.25) is 30.0 Å². The van der Waals surface area contributed by atoms with E-state index in [-0.39, 0.29) is 36.4 Å². The van der Waals surface area contributed by atoms with Crippen molar-refractivity contribution in [2.45, 2.75) is 33.1 Å². The first-order valence-corrected chi connectivity index (χ1v) is 11.2. The number of ether oxygens (including phenoxy) is 1. The van der Waals surface area contributed by atoms with Crippen molar-refractivity contribution in [1.29, 1.82) is 0 Å². The van der Waals surface area contributed by atoms with E-state index in [2.05, 4.69) is 21.5 Å². The van der Waals surface area contributed by atoms with Crippen LogP contribution in [0.1, 0.15) is 42.6 Å². The fourth-order valence-electron chi connectivity index (χ4n) is 2.61. The minimum atomic E-state index is -0.489. The van der Waals surface area contributed by atoms with E-state index in [1.807, 2.05) is 30.3 Å². The summed E-state index contributed by atoms with van der Waals surface area (Å²) < 4.78 is 5.12. The van der Waals surface area contributed by atoms with Crippen LogP contribution in [0.4, 0.5) is 5.69 Å². The molecule has 0 aliphatic rings. The van der Waals surface area contributed by atoms with Gasteiger partial charge < -0.3 is 15.4 Å². The second-order valence-electron chi connectivity index (χ2n) is 7.63. The van der Waals surface area contributed by atoms with Crippen molar-refractivity contribution in [3.63, 3.8) is 0 Å². The first kappa shape index (κ1) is 26.5. The van der Waals surface area contributed by atoms with Gasteiger partial charge in [-0.05, 0) is 42.0 Å². The van der Waals surface area contributed by atoms with Gasteiger partial charge in [-0.15, -0.1) is 0 Å². The van der Waals surface area contributed by atoms with Gasteiger partial charge in [0.2, 0.25) is 11.8 Å². The smallest absolute Gasteiger partial charge is 0.306 e. The molecule has 2 aromatic rings. The quantitative estimate of drug-likeness (QED) is 0.245. The molecule has 0 spiro atoms. The Hall–Kier alpha value is -3.79. The number of hydrogen-bond acceptors (Lipinski definition) is 6. The third-order valence-corrected chi connectivity index (χ3v) is 4.74. The second kappa shape index (κ2) is 13.7. The van der Waals surface area contributed by atoms with Crippen molar-refractivity contribution in [3.8, 4) is 0 Å². The molecule has 0 unspecified atom stereocenters. The van der Waals surface area contributed by atoms with Crippen LogP contribution in [0.25, 0.3) is 0 Å². The lowest BCUT2D eigenvalue weighted by atomic mass is 10.1. The fourth-order valence-corrected chi connectivity index (χ4v) is 2.78. The van der Waals surface area contributed by atoms with Crippen molar-refractivity contribution in [2.75, 3.05) is 11.9 Å². The molecule has 34 heavy (non-hydrogen) atoms. The van der Waals surface area contributed by atoms with Gasteiger partial charge in [0.15, 0.2) is 5.11 Å². The number of esters is 1. The summed E-state index contributed by atoms with van der Waals surface area (Å²) in [5.74, 6) is -1.74. The monoisotopic (exact) mass is 484 g/mol. The number of amides is 3. The van der Waals surface area contributed by atoms with Gasteiger partial charge in [-0.25, -0.2) is 0 Å². The molecule has 0 saturated carbocycles. The van der Waals surface area contributed by atoms with Gasteiger partial charge in [0.05, 0.1) is 13.0 Å². The molecule has 0 aliphatic heterocycles. The predicted octanol–water partition coefficient (Wildman–Crippen LogP) is 2.48. The minimum Gasteiger partial charge on any atom is -0.465 e. The Morgan fingerprint density at radius 3 is 2.24 bits per heavy atom. The van der Waals surface area contributed by atoms with Gasteiger partial charge >= 0.3 is 5.97 Å². The highest BCUT2D eigenvalue weighted by molar-refractivity contribution is 7.80. The molecule has 2 rings (SSSR count). The van der Waals surface area contributed by atoms with E-state index in [0.717, 1.165) is 5.56 Å². The van der Waals surface area contributed by atoms with Gasteiger partial charge in [0.25, 0.3) is 5.91 Å². The van der Waals surface area contributed by atoms with Crippen molar-refractivity contribution < 1.29 is 23.9 Å². The maximum atomic E-state index is 12.2. The van der Waals surface area contributed by atoms with Crippen LogP contribution in [0.2, 0.25) is 0 Å². The van der Waals surface area contributed by atoms with E-state index in [0.29, 0.717) is 17.7 Å². The average Bonchev–Trinajstić information content (AvgIpc) is 2.82. The Morgan fingerprint density at radius 2 is 1.59 bits per heavy atom. The predicted molar refractivity (Wildman–Crippen MR) is 132 cm³/mol. The van der Waals surface area contributed by atoms with Gasteiger partial charge in [-0.1, -0.05) is 44.2 Å². The van der Waals surface area contributed by atoms with E-state index >= 15 is 0 Å². The molecule has 0 heterocycles. The molecule has 10 heteroatoms. The molecule has 180 valence electrons. The summed E-state index contributed by atoms with van der Waals surface area (Å²) in [4.78, 5) is 47.6. The van der Waals surface area contributed by atoms with Crippen LogP contribution in [0.15, 0.2) is 54.6 Å². The zero-order valence-electron chi connectivity index (χ0n) is 19.1. The number of carbonyl (C=O) groups is 4. The SMILES string of the molecule is CC(C)C(=O)Nc1ccc(C(=O)NNC(=S)NC(=O)CCC(=O)OCCc2ccccc2)cc1. The lowest BCUT2D eigenvalue weighted by Crippen LogP contribution is -2.48. The van der Waals surface area contributed by atoms with Crippen molar-refractivity contribution >= 4 is 46.7 Å². The van der Waals surface area contributed by atoms with Gasteiger partial charge in [0.1, 0.15) is 0 Å². The molecular weight excluding hydrogens is 456 g/mol. The summed E-state index contributed by atoms with van der Waals surface area (Å²) in [5.41, 5.74) is 6.75. The Balaban J connectivity index is 1.64.